The number of thioether (sulfide) groups is 1. The first-order valence-corrected chi connectivity index (χ1v) is 9.57. The Morgan fingerprint density at radius 2 is 1.76 bits per heavy atom. The van der Waals surface area contributed by atoms with Crippen molar-refractivity contribution in [3.05, 3.63) is 18.2 Å². The van der Waals surface area contributed by atoms with E-state index in [1.54, 1.807) is 0 Å². The summed E-state index contributed by atoms with van der Waals surface area (Å²) in [6.45, 7) is 4.63. The molecule has 2 N–H and O–H groups in total. The van der Waals surface area contributed by atoms with Crippen LogP contribution in [-0.2, 0) is 0 Å². The molecule has 0 radical (unpaired) electrons. The Labute approximate surface area is 134 Å². The van der Waals surface area contributed by atoms with Crippen LogP contribution in [0.1, 0.15) is 58.3 Å². The van der Waals surface area contributed by atoms with Crippen LogP contribution in [0, 0.1) is 0 Å². The maximum atomic E-state index is 5.94. The average molecular weight is 307 g/mol. The number of unbranched alkanes of at least 4 members (excludes halogenated alkanes) is 7. The quantitative estimate of drug-likeness (QED) is 0.494. The zero-order chi connectivity index (χ0) is 14.9. The van der Waals surface area contributed by atoms with E-state index in [1.165, 1.54) is 74.2 Å². The molecule has 2 nitrogen and oxygen atoms in total. The molecule has 0 amide bonds. The fraction of sp³-hybridized carbons (Fsp3) is 0.667. The van der Waals surface area contributed by atoms with Crippen LogP contribution in [0.3, 0.4) is 0 Å². The predicted octanol–water partition coefficient (Wildman–Crippen LogP) is 5.32. The summed E-state index contributed by atoms with van der Waals surface area (Å²) in [5.74, 6) is 1.20. The molecule has 0 saturated carbocycles. The van der Waals surface area contributed by atoms with Gasteiger partial charge in [0.2, 0.25) is 0 Å². The van der Waals surface area contributed by atoms with E-state index in [9.17, 15) is 0 Å². The lowest BCUT2D eigenvalue weighted by molar-refractivity contribution is 0.572. The van der Waals surface area contributed by atoms with Crippen molar-refractivity contribution in [1.82, 2.24) is 0 Å². The van der Waals surface area contributed by atoms with Gasteiger partial charge in [-0.1, -0.05) is 51.9 Å². The predicted molar refractivity (Wildman–Crippen MR) is 96.4 cm³/mol. The molecule has 21 heavy (non-hydrogen) atoms. The molecule has 1 aromatic rings. The van der Waals surface area contributed by atoms with Crippen LogP contribution in [0.2, 0.25) is 0 Å². The molecule has 1 aliphatic rings. The standard InChI is InChI=1S/C18H30N2S/c1-2-3-4-5-6-7-8-9-12-20-13-14-21-18-11-10-16(19)15-17(18)20/h10-11,15H,2-9,12-14,19H2,1H3. The summed E-state index contributed by atoms with van der Waals surface area (Å²) in [6, 6.07) is 6.34. The average Bonchev–Trinajstić information content (AvgIpc) is 2.50. The van der Waals surface area contributed by atoms with Gasteiger partial charge >= 0.3 is 0 Å². The van der Waals surface area contributed by atoms with Gasteiger partial charge in [-0.25, -0.2) is 0 Å². The number of rotatable bonds is 9. The van der Waals surface area contributed by atoms with Gasteiger partial charge in [0.1, 0.15) is 0 Å². The minimum absolute atomic E-state index is 0.886. The van der Waals surface area contributed by atoms with Crippen molar-refractivity contribution in [2.75, 3.05) is 29.5 Å². The van der Waals surface area contributed by atoms with Crippen molar-refractivity contribution in [3.63, 3.8) is 0 Å². The summed E-state index contributed by atoms with van der Waals surface area (Å²) < 4.78 is 0. The first kappa shape index (κ1) is 16.5. The van der Waals surface area contributed by atoms with Crippen LogP contribution < -0.4 is 10.6 Å². The molecule has 1 aromatic carbocycles. The smallest absolute Gasteiger partial charge is 0.0525 e. The number of anilines is 2. The van der Waals surface area contributed by atoms with Gasteiger partial charge in [-0.3, -0.25) is 0 Å². The molecule has 3 heteroatoms. The number of nitrogen functional groups attached to an aromatic ring is 1. The van der Waals surface area contributed by atoms with E-state index >= 15 is 0 Å². The summed E-state index contributed by atoms with van der Waals surface area (Å²) in [6.07, 6.45) is 11.1. The summed E-state index contributed by atoms with van der Waals surface area (Å²) in [5, 5.41) is 0. The number of nitrogens with zero attached hydrogens (tertiary/aromatic N) is 1. The number of nitrogens with two attached hydrogens (primary N) is 1. The molecule has 2 rings (SSSR count). The van der Waals surface area contributed by atoms with Crippen LogP contribution >= 0.6 is 11.8 Å². The van der Waals surface area contributed by atoms with Gasteiger partial charge in [0, 0.05) is 29.4 Å². The third-order valence-electron chi connectivity index (χ3n) is 4.22. The molecule has 0 saturated heterocycles. The zero-order valence-electron chi connectivity index (χ0n) is 13.4. The molecular formula is C18H30N2S. The van der Waals surface area contributed by atoms with Crippen molar-refractivity contribution in [2.45, 2.75) is 63.2 Å². The Morgan fingerprint density at radius 1 is 1.05 bits per heavy atom. The van der Waals surface area contributed by atoms with Gasteiger partial charge in [0.15, 0.2) is 0 Å². The second-order valence-electron chi connectivity index (χ2n) is 6.04. The van der Waals surface area contributed by atoms with Gasteiger partial charge in [-0.15, -0.1) is 11.8 Å². The van der Waals surface area contributed by atoms with Crippen LogP contribution in [0.4, 0.5) is 11.4 Å². The number of benzene rings is 1. The minimum Gasteiger partial charge on any atom is -0.399 e. The molecule has 0 atom stereocenters. The van der Waals surface area contributed by atoms with Crippen molar-refractivity contribution in [2.24, 2.45) is 0 Å². The Balaban J connectivity index is 1.67. The largest absolute Gasteiger partial charge is 0.399 e. The lowest BCUT2D eigenvalue weighted by Gasteiger charge is -2.31. The van der Waals surface area contributed by atoms with Crippen LogP contribution in [0.25, 0.3) is 0 Å². The Hall–Kier alpha value is -0.830. The monoisotopic (exact) mass is 306 g/mol. The van der Waals surface area contributed by atoms with Crippen LogP contribution in [-0.4, -0.2) is 18.8 Å². The highest BCUT2D eigenvalue weighted by molar-refractivity contribution is 7.99. The lowest BCUT2D eigenvalue weighted by atomic mass is 10.1. The summed E-state index contributed by atoms with van der Waals surface area (Å²) in [4.78, 5) is 3.93. The summed E-state index contributed by atoms with van der Waals surface area (Å²) in [7, 11) is 0. The van der Waals surface area contributed by atoms with E-state index in [0.29, 0.717) is 0 Å². The number of hydrogen-bond acceptors (Lipinski definition) is 3. The van der Waals surface area contributed by atoms with E-state index < -0.39 is 0 Å². The highest BCUT2D eigenvalue weighted by atomic mass is 32.2. The van der Waals surface area contributed by atoms with Crippen molar-refractivity contribution in [3.8, 4) is 0 Å². The van der Waals surface area contributed by atoms with Gasteiger partial charge in [0.25, 0.3) is 0 Å². The normalized spacial score (nSPS) is 14.2. The zero-order valence-corrected chi connectivity index (χ0v) is 14.3. The maximum Gasteiger partial charge on any atom is 0.0525 e. The molecule has 1 heterocycles. The number of fused-ring (bicyclic) bond motifs is 1. The third-order valence-corrected chi connectivity index (χ3v) is 5.27. The van der Waals surface area contributed by atoms with Gasteiger partial charge < -0.3 is 10.6 Å². The number of hydrogen-bond donors (Lipinski definition) is 1. The van der Waals surface area contributed by atoms with Gasteiger partial charge in [0.05, 0.1) is 5.69 Å². The van der Waals surface area contributed by atoms with E-state index in [4.69, 9.17) is 5.73 Å². The molecule has 1 aliphatic heterocycles. The Kier molecular flexibility index (Phi) is 7.28. The van der Waals surface area contributed by atoms with E-state index in [1.807, 2.05) is 17.8 Å². The first-order valence-electron chi connectivity index (χ1n) is 8.58. The van der Waals surface area contributed by atoms with E-state index in [0.717, 1.165) is 12.2 Å². The molecular weight excluding hydrogens is 276 g/mol. The van der Waals surface area contributed by atoms with Crippen LogP contribution in [0.5, 0.6) is 0 Å². The third kappa shape index (κ3) is 5.46. The second-order valence-corrected chi connectivity index (χ2v) is 7.17. The maximum absolute atomic E-state index is 5.94. The molecule has 0 aliphatic carbocycles. The lowest BCUT2D eigenvalue weighted by Crippen LogP contribution is -2.30. The molecule has 0 bridgehead atoms. The highest BCUT2D eigenvalue weighted by Gasteiger charge is 2.16. The van der Waals surface area contributed by atoms with E-state index in [2.05, 4.69) is 24.0 Å². The fourth-order valence-electron chi connectivity index (χ4n) is 2.96. The molecule has 0 fully saturated rings. The fourth-order valence-corrected chi connectivity index (χ4v) is 3.99. The SMILES string of the molecule is CCCCCCCCCCN1CCSc2ccc(N)cc21. The summed E-state index contributed by atoms with van der Waals surface area (Å²) >= 11 is 1.96. The molecule has 0 unspecified atom stereocenters. The van der Waals surface area contributed by atoms with Crippen molar-refractivity contribution >= 4 is 23.1 Å². The molecule has 0 aromatic heterocycles. The van der Waals surface area contributed by atoms with Gasteiger partial charge in [-0.2, -0.15) is 0 Å². The van der Waals surface area contributed by atoms with Crippen molar-refractivity contribution in [1.29, 1.82) is 0 Å². The summed E-state index contributed by atoms with van der Waals surface area (Å²) in [5.41, 5.74) is 8.18. The topological polar surface area (TPSA) is 29.3 Å². The van der Waals surface area contributed by atoms with Gasteiger partial charge in [-0.05, 0) is 24.6 Å². The Bertz CT molecular complexity index is 420. The minimum atomic E-state index is 0.886. The Morgan fingerprint density at radius 3 is 2.52 bits per heavy atom. The molecule has 118 valence electrons. The molecule has 0 spiro atoms. The van der Waals surface area contributed by atoms with Crippen LogP contribution in [0.15, 0.2) is 23.1 Å². The van der Waals surface area contributed by atoms with E-state index in [-0.39, 0.29) is 0 Å². The second kappa shape index (κ2) is 9.24. The first-order chi connectivity index (χ1) is 10.3. The van der Waals surface area contributed by atoms with Crippen molar-refractivity contribution < 1.29 is 0 Å². The highest BCUT2D eigenvalue weighted by Crippen LogP contribution is 2.36.